The summed E-state index contributed by atoms with van der Waals surface area (Å²) in [5, 5.41) is 9.74. The van der Waals surface area contributed by atoms with Crippen molar-refractivity contribution in [1.82, 2.24) is 0 Å². The fourth-order valence-corrected chi connectivity index (χ4v) is 4.05. The van der Waals surface area contributed by atoms with Gasteiger partial charge >= 0.3 is 0 Å². The molecule has 1 aliphatic heterocycles. The third-order valence-corrected chi connectivity index (χ3v) is 5.55. The van der Waals surface area contributed by atoms with Gasteiger partial charge in [0.2, 0.25) is 5.88 Å². The summed E-state index contributed by atoms with van der Waals surface area (Å²) in [4.78, 5) is 12.7. The van der Waals surface area contributed by atoms with Crippen LogP contribution < -0.4 is 15.2 Å². The van der Waals surface area contributed by atoms with Crippen molar-refractivity contribution in [2.45, 2.75) is 38.7 Å². The SMILES string of the molecule is CCOc1cc([C@H]2C(C#N)=C(N)OC3=C2C(=O)CCC3)ccc1OCc1ccccc1F. The standard InChI is InChI=1S/C25H23FN2O4/c1-2-30-22-12-15(10-11-20(22)31-14-16-6-3-4-7-18(16)26)23-17(13-27)25(28)32-21-9-5-8-19(29)24(21)23/h3-4,6-7,10-12,23H,2,5,8-9,14,28H2,1H3/t23-/m0/s1. The fraction of sp³-hybridized carbons (Fsp3) is 0.280. The molecule has 0 bridgehead atoms. The van der Waals surface area contributed by atoms with Crippen LogP contribution in [0, 0.1) is 17.1 Å². The van der Waals surface area contributed by atoms with Crippen molar-refractivity contribution in [2.75, 3.05) is 6.61 Å². The Bertz CT molecular complexity index is 1160. The number of hydrogen-bond donors (Lipinski definition) is 1. The highest BCUT2D eigenvalue weighted by Crippen LogP contribution is 2.45. The van der Waals surface area contributed by atoms with Gasteiger partial charge in [0.1, 0.15) is 29.8 Å². The Morgan fingerprint density at radius 1 is 1.19 bits per heavy atom. The van der Waals surface area contributed by atoms with Crippen molar-refractivity contribution < 1.29 is 23.4 Å². The molecular weight excluding hydrogens is 411 g/mol. The average molecular weight is 434 g/mol. The Labute approximate surface area is 185 Å². The van der Waals surface area contributed by atoms with Crippen molar-refractivity contribution >= 4 is 5.78 Å². The maximum Gasteiger partial charge on any atom is 0.205 e. The number of nitrogens with zero attached hydrogens (tertiary/aromatic N) is 1. The number of allylic oxidation sites excluding steroid dienone is 3. The van der Waals surface area contributed by atoms with Crippen LogP contribution in [0.1, 0.15) is 43.2 Å². The lowest BCUT2D eigenvalue weighted by molar-refractivity contribution is -0.116. The fourth-order valence-electron chi connectivity index (χ4n) is 4.05. The van der Waals surface area contributed by atoms with Gasteiger partial charge in [-0.1, -0.05) is 24.3 Å². The summed E-state index contributed by atoms with van der Waals surface area (Å²) in [5.41, 5.74) is 7.80. The van der Waals surface area contributed by atoms with Gasteiger partial charge in [-0.2, -0.15) is 5.26 Å². The van der Waals surface area contributed by atoms with Crippen LogP contribution in [0.2, 0.25) is 0 Å². The normalized spacial score (nSPS) is 18.0. The predicted molar refractivity (Wildman–Crippen MR) is 115 cm³/mol. The number of nitrogens with two attached hydrogens (primary N) is 1. The number of benzene rings is 2. The Balaban J connectivity index is 1.71. The predicted octanol–water partition coefficient (Wildman–Crippen LogP) is 4.62. The Morgan fingerprint density at radius 2 is 2.00 bits per heavy atom. The molecule has 0 radical (unpaired) electrons. The minimum Gasteiger partial charge on any atom is -0.490 e. The maximum absolute atomic E-state index is 14.0. The van der Waals surface area contributed by atoms with Crippen molar-refractivity contribution in [3.63, 3.8) is 0 Å². The molecule has 6 nitrogen and oxygen atoms in total. The summed E-state index contributed by atoms with van der Waals surface area (Å²) in [7, 11) is 0. The molecule has 0 amide bonds. The van der Waals surface area contributed by atoms with E-state index in [9.17, 15) is 14.4 Å². The lowest BCUT2D eigenvalue weighted by atomic mass is 9.77. The lowest BCUT2D eigenvalue weighted by Gasteiger charge is -2.31. The van der Waals surface area contributed by atoms with Crippen LogP contribution in [-0.2, 0) is 16.1 Å². The third-order valence-electron chi connectivity index (χ3n) is 5.55. The van der Waals surface area contributed by atoms with E-state index < -0.39 is 5.92 Å². The minimum absolute atomic E-state index is 0.0174. The van der Waals surface area contributed by atoms with E-state index in [-0.39, 0.29) is 29.7 Å². The number of halogens is 1. The highest BCUT2D eigenvalue weighted by molar-refractivity contribution is 5.99. The maximum atomic E-state index is 14.0. The Hall–Kier alpha value is -3.79. The Kier molecular flexibility index (Phi) is 6.13. The molecule has 0 fully saturated rings. The average Bonchev–Trinajstić information content (AvgIpc) is 2.78. The van der Waals surface area contributed by atoms with E-state index in [4.69, 9.17) is 19.9 Å². The van der Waals surface area contributed by atoms with E-state index in [1.807, 2.05) is 6.92 Å². The molecule has 2 aromatic rings. The molecule has 0 aromatic heterocycles. The molecule has 2 aliphatic rings. The number of ketones is 1. The molecule has 32 heavy (non-hydrogen) atoms. The van der Waals surface area contributed by atoms with Crippen molar-refractivity contribution in [1.29, 1.82) is 5.26 Å². The molecule has 2 N–H and O–H groups in total. The highest BCUT2D eigenvalue weighted by Gasteiger charge is 2.38. The van der Waals surface area contributed by atoms with Gasteiger partial charge in [-0.25, -0.2) is 4.39 Å². The summed E-state index contributed by atoms with van der Waals surface area (Å²) >= 11 is 0. The van der Waals surface area contributed by atoms with Gasteiger partial charge in [0.15, 0.2) is 17.3 Å². The molecule has 0 spiro atoms. The lowest BCUT2D eigenvalue weighted by Crippen LogP contribution is -2.27. The van der Waals surface area contributed by atoms with Crippen LogP contribution in [0.4, 0.5) is 4.39 Å². The van der Waals surface area contributed by atoms with E-state index in [0.29, 0.717) is 59.8 Å². The zero-order chi connectivity index (χ0) is 22.7. The molecule has 2 aromatic carbocycles. The number of rotatable bonds is 6. The topological polar surface area (TPSA) is 94.6 Å². The molecule has 1 atom stereocenters. The summed E-state index contributed by atoms with van der Waals surface area (Å²) in [5.74, 6) is 0.397. The van der Waals surface area contributed by atoms with Crippen LogP contribution in [0.5, 0.6) is 11.5 Å². The van der Waals surface area contributed by atoms with Gasteiger partial charge < -0.3 is 19.9 Å². The molecule has 0 saturated heterocycles. The van der Waals surface area contributed by atoms with Crippen LogP contribution in [0.3, 0.4) is 0 Å². The van der Waals surface area contributed by atoms with E-state index >= 15 is 0 Å². The molecule has 7 heteroatoms. The number of carbonyl (C=O) groups is 1. The number of hydrogen-bond acceptors (Lipinski definition) is 6. The summed E-state index contributed by atoms with van der Waals surface area (Å²) in [6.45, 7) is 2.25. The second-order valence-corrected chi connectivity index (χ2v) is 7.56. The number of ether oxygens (including phenoxy) is 3. The van der Waals surface area contributed by atoms with Gasteiger partial charge in [0, 0.05) is 24.0 Å². The second-order valence-electron chi connectivity index (χ2n) is 7.56. The summed E-state index contributed by atoms with van der Waals surface area (Å²) < 4.78 is 31.2. The molecular formula is C25H23FN2O4. The van der Waals surface area contributed by atoms with E-state index in [2.05, 4.69) is 6.07 Å². The van der Waals surface area contributed by atoms with Crippen molar-refractivity contribution in [2.24, 2.45) is 5.73 Å². The van der Waals surface area contributed by atoms with Gasteiger partial charge in [0.05, 0.1) is 12.5 Å². The molecule has 1 heterocycles. The van der Waals surface area contributed by atoms with Crippen molar-refractivity contribution in [3.05, 3.63) is 82.2 Å². The van der Waals surface area contributed by atoms with Gasteiger partial charge in [-0.3, -0.25) is 4.79 Å². The minimum atomic E-state index is -0.628. The highest BCUT2D eigenvalue weighted by atomic mass is 19.1. The molecule has 0 saturated carbocycles. The smallest absolute Gasteiger partial charge is 0.205 e. The van der Waals surface area contributed by atoms with Gasteiger partial charge in [-0.15, -0.1) is 0 Å². The zero-order valence-corrected chi connectivity index (χ0v) is 17.7. The van der Waals surface area contributed by atoms with Crippen LogP contribution in [0.15, 0.2) is 65.3 Å². The van der Waals surface area contributed by atoms with Crippen LogP contribution >= 0.6 is 0 Å². The van der Waals surface area contributed by atoms with Crippen LogP contribution in [-0.4, -0.2) is 12.4 Å². The zero-order valence-electron chi connectivity index (χ0n) is 17.7. The first-order valence-electron chi connectivity index (χ1n) is 10.5. The molecule has 1 aliphatic carbocycles. The third kappa shape index (κ3) is 4.04. The van der Waals surface area contributed by atoms with Crippen molar-refractivity contribution in [3.8, 4) is 17.6 Å². The first-order valence-corrected chi connectivity index (χ1v) is 10.5. The van der Waals surface area contributed by atoms with E-state index in [1.165, 1.54) is 6.07 Å². The monoisotopic (exact) mass is 434 g/mol. The molecule has 0 unspecified atom stereocenters. The number of carbonyl (C=O) groups excluding carboxylic acids is 1. The largest absolute Gasteiger partial charge is 0.490 e. The number of Topliss-reactive ketones (excluding diaryl/α,β-unsaturated/α-hetero) is 1. The quantitative estimate of drug-likeness (QED) is 0.713. The first-order chi connectivity index (χ1) is 15.5. The Morgan fingerprint density at radius 3 is 2.75 bits per heavy atom. The summed E-state index contributed by atoms with van der Waals surface area (Å²) in [6, 6.07) is 13.7. The molecule has 4 rings (SSSR count). The molecule has 164 valence electrons. The second kappa shape index (κ2) is 9.15. The first kappa shape index (κ1) is 21.4. The van der Waals surface area contributed by atoms with E-state index in [0.717, 1.165) is 0 Å². The number of nitriles is 1. The van der Waals surface area contributed by atoms with Crippen LogP contribution in [0.25, 0.3) is 0 Å². The van der Waals surface area contributed by atoms with Gasteiger partial charge in [-0.05, 0) is 37.1 Å². The van der Waals surface area contributed by atoms with E-state index in [1.54, 1.807) is 36.4 Å². The summed E-state index contributed by atoms with van der Waals surface area (Å²) in [6.07, 6.45) is 1.69. The van der Waals surface area contributed by atoms with Gasteiger partial charge in [0.25, 0.3) is 0 Å².